The van der Waals surface area contributed by atoms with E-state index in [2.05, 4.69) is 0 Å². The van der Waals surface area contributed by atoms with Crippen molar-refractivity contribution in [3.63, 3.8) is 0 Å². The number of para-hydroxylation sites is 1. The zero-order chi connectivity index (χ0) is 19.4. The molecule has 0 atom stereocenters. The van der Waals surface area contributed by atoms with Crippen LogP contribution in [0.4, 0.5) is 5.69 Å². The van der Waals surface area contributed by atoms with Crippen molar-refractivity contribution in [2.75, 3.05) is 37.2 Å². The molecule has 1 heterocycles. The van der Waals surface area contributed by atoms with Crippen molar-refractivity contribution in [3.8, 4) is 0 Å². The van der Waals surface area contributed by atoms with E-state index < -0.39 is 25.7 Å². The first-order chi connectivity index (χ1) is 12.0. The summed E-state index contributed by atoms with van der Waals surface area (Å²) < 4.78 is 54.4. The van der Waals surface area contributed by atoms with Crippen LogP contribution < -0.4 is 4.90 Å². The lowest BCUT2D eigenvalue weighted by Crippen LogP contribution is -2.36. The highest BCUT2D eigenvalue weighted by Crippen LogP contribution is 2.41. The average molecular weight is 405 g/mol. The summed E-state index contributed by atoms with van der Waals surface area (Å²) in [4.78, 5) is 14.7. The maximum absolute atomic E-state index is 13.1. The Hall–Kier alpha value is -1.49. The number of anilines is 1. The van der Waals surface area contributed by atoms with Gasteiger partial charge in [-0.05, 0) is 31.4 Å². The van der Waals surface area contributed by atoms with E-state index in [-0.39, 0.29) is 32.0 Å². The molecule has 0 aliphatic carbocycles. The van der Waals surface area contributed by atoms with Gasteiger partial charge in [-0.2, -0.15) is 16.8 Å². The topological polar surface area (TPSA) is 107 Å². The molecule has 0 aromatic heterocycles. The fourth-order valence-corrected chi connectivity index (χ4v) is 3.81. The van der Waals surface area contributed by atoms with Crippen LogP contribution in [-0.4, -0.2) is 55.0 Å². The van der Waals surface area contributed by atoms with Gasteiger partial charge in [-0.3, -0.25) is 13.2 Å². The molecule has 1 aliphatic rings. The average Bonchev–Trinajstić information content (AvgIpc) is 2.83. The molecule has 0 unspecified atom stereocenters. The van der Waals surface area contributed by atoms with Crippen LogP contribution in [-0.2, 0) is 33.4 Å². The maximum atomic E-state index is 13.1. The Labute approximate surface area is 154 Å². The number of amides is 1. The Bertz CT molecular complexity index is 797. The summed E-state index contributed by atoms with van der Waals surface area (Å²) in [5.41, 5.74) is -0.182. The molecule has 0 N–H and O–H groups in total. The van der Waals surface area contributed by atoms with Gasteiger partial charge in [0.15, 0.2) is 0 Å². The Balaban J connectivity index is 2.16. The van der Waals surface area contributed by atoms with Crippen molar-refractivity contribution in [3.05, 3.63) is 30.3 Å². The Kier molecular flexibility index (Phi) is 6.43. The minimum absolute atomic E-state index is 0.147. The van der Waals surface area contributed by atoms with Gasteiger partial charge < -0.3 is 4.90 Å². The van der Waals surface area contributed by atoms with Gasteiger partial charge in [-0.25, -0.2) is 0 Å². The summed E-state index contributed by atoms with van der Waals surface area (Å²) >= 11 is 0. The fraction of sp³-hybridized carbons (Fsp3) is 0.562. The van der Waals surface area contributed by atoms with E-state index >= 15 is 0 Å². The smallest absolute Gasteiger partial charge is 0.264 e. The van der Waals surface area contributed by atoms with E-state index in [1.165, 1.54) is 0 Å². The van der Waals surface area contributed by atoms with Crippen molar-refractivity contribution in [1.82, 2.24) is 0 Å². The molecule has 0 bridgehead atoms. The number of nitrogens with zero attached hydrogens (tertiary/aromatic N) is 1. The molecule has 146 valence electrons. The van der Waals surface area contributed by atoms with Crippen LogP contribution >= 0.6 is 0 Å². The van der Waals surface area contributed by atoms with Gasteiger partial charge in [-0.1, -0.05) is 18.2 Å². The van der Waals surface area contributed by atoms with Crippen LogP contribution in [0.25, 0.3) is 0 Å². The zero-order valence-electron chi connectivity index (χ0n) is 14.8. The second kappa shape index (κ2) is 8.03. The van der Waals surface area contributed by atoms with Crippen LogP contribution in [0, 0.1) is 5.41 Å². The minimum Gasteiger partial charge on any atom is -0.312 e. The summed E-state index contributed by atoms with van der Waals surface area (Å²) in [5.74, 6) is -0.182. The van der Waals surface area contributed by atoms with Gasteiger partial charge in [0.2, 0.25) is 5.91 Å². The number of hydrogen-bond donors (Lipinski definition) is 0. The van der Waals surface area contributed by atoms with Crippen molar-refractivity contribution in [2.45, 2.75) is 19.3 Å². The summed E-state index contributed by atoms with van der Waals surface area (Å²) in [6.45, 7) is 0.165. The van der Waals surface area contributed by atoms with E-state index in [9.17, 15) is 21.6 Å². The highest BCUT2D eigenvalue weighted by Gasteiger charge is 2.46. The molecular formula is C16H23NO7S2. The zero-order valence-corrected chi connectivity index (χ0v) is 16.4. The number of hydrogen-bond acceptors (Lipinski definition) is 7. The number of benzene rings is 1. The predicted octanol–water partition coefficient (Wildman–Crippen LogP) is 1.14. The van der Waals surface area contributed by atoms with E-state index in [1.807, 2.05) is 30.3 Å². The lowest BCUT2D eigenvalue weighted by atomic mass is 9.80. The van der Waals surface area contributed by atoms with E-state index in [1.54, 1.807) is 4.90 Å². The predicted molar refractivity (Wildman–Crippen MR) is 96.7 cm³/mol. The molecule has 1 saturated heterocycles. The summed E-state index contributed by atoms with van der Waals surface area (Å²) in [5, 5.41) is 0. The van der Waals surface area contributed by atoms with Gasteiger partial charge in [0.05, 0.1) is 31.1 Å². The molecule has 0 saturated carbocycles. The molecule has 1 aromatic rings. The molecular weight excluding hydrogens is 382 g/mol. The fourth-order valence-electron chi connectivity index (χ4n) is 3.04. The molecule has 1 fully saturated rings. The van der Waals surface area contributed by atoms with E-state index in [0.717, 1.165) is 18.2 Å². The van der Waals surface area contributed by atoms with E-state index in [4.69, 9.17) is 8.37 Å². The van der Waals surface area contributed by atoms with Crippen molar-refractivity contribution >= 4 is 31.8 Å². The normalized spacial score (nSPS) is 17.6. The van der Waals surface area contributed by atoms with Crippen molar-refractivity contribution in [1.29, 1.82) is 0 Å². The Morgan fingerprint density at radius 1 is 0.962 bits per heavy atom. The van der Waals surface area contributed by atoms with Crippen LogP contribution in [0.15, 0.2) is 30.3 Å². The van der Waals surface area contributed by atoms with Gasteiger partial charge in [0, 0.05) is 12.2 Å². The molecule has 0 radical (unpaired) electrons. The molecule has 1 aliphatic heterocycles. The number of rotatable bonds is 9. The first kappa shape index (κ1) is 20.8. The highest BCUT2D eigenvalue weighted by atomic mass is 32.2. The van der Waals surface area contributed by atoms with Crippen LogP contribution in [0.3, 0.4) is 0 Å². The molecule has 2 rings (SSSR count). The van der Waals surface area contributed by atoms with Gasteiger partial charge >= 0.3 is 0 Å². The number of carbonyl (C=O) groups excluding carboxylic acids is 1. The van der Waals surface area contributed by atoms with Crippen LogP contribution in [0.5, 0.6) is 0 Å². The van der Waals surface area contributed by atoms with Gasteiger partial charge in [0.1, 0.15) is 0 Å². The molecule has 8 nitrogen and oxygen atoms in total. The SMILES string of the molecule is CS(=O)(=O)OCCC1(CCOS(C)(=O)=O)CCN(c2ccccc2)C1=O. The van der Waals surface area contributed by atoms with E-state index in [0.29, 0.717) is 13.0 Å². The Morgan fingerprint density at radius 3 is 1.92 bits per heavy atom. The summed E-state index contributed by atoms with van der Waals surface area (Å²) in [6, 6.07) is 9.11. The molecule has 1 amide bonds. The summed E-state index contributed by atoms with van der Waals surface area (Å²) in [6.07, 6.45) is 2.67. The maximum Gasteiger partial charge on any atom is 0.264 e. The van der Waals surface area contributed by atoms with Gasteiger partial charge in [0.25, 0.3) is 20.2 Å². The lowest BCUT2D eigenvalue weighted by Gasteiger charge is -2.27. The lowest BCUT2D eigenvalue weighted by molar-refractivity contribution is -0.127. The first-order valence-corrected chi connectivity index (χ1v) is 11.7. The van der Waals surface area contributed by atoms with Gasteiger partial charge in [-0.15, -0.1) is 0 Å². The van der Waals surface area contributed by atoms with Crippen LogP contribution in [0.2, 0.25) is 0 Å². The highest BCUT2D eigenvalue weighted by molar-refractivity contribution is 7.86. The number of carbonyl (C=O) groups is 1. The van der Waals surface area contributed by atoms with Crippen LogP contribution in [0.1, 0.15) is 19.3 Å². The van der Waals surface area contributed by atoms with Crippen molar-refractivity contribution < 1.29 is 30.0 Å². The Morgan fingerprint density at radius 2 is 1.46 bits per heavy atom. The summed E-state index contributed by atoms with van der Waals surface area (Å²) in [7, 11) is -7.24. The second-order valence-electron chi connectivity index (χ2n) is 6.37. The van der Waals surface area contributed by atoms with Crippen molar-refractivity contribution in [2.24, 2.45) is 5.41 Å². The quantitative estimate of drug-likeness (QED) is 0.567. The third-order valence-electron chi connectivity index (χ3n) is 4.34. The first-order valence-electron chi connectivity index (χ1n) is 8.08. The third kappa shape index (κ3) is 5.76. The molecule has 0 spiro atoms. The second-order valence-corrected chi connectivity index (χ2v) is 9.66. The minimum atomic E-state index is -3.62. The molecule has 10 heteroatoms. The monoisotopic (exact) mass is 405 g/mol. The third-order valence-corrected chi connectivity index (χ3v) is 5.53. The largest absolute Gasteiger partial charge is 0.312 e. The molecule has 1 aromatic carbocycles. The standard InChI is InChI=1S/C16H23NO7S2/c1-25(19,20)23-12-9-16(10-13-24-26(2,21)22)8-11-17(15(16)18)14-6-4-3-5-7-14/h3-7H,8-13H2,1-2H3. The molecule has 26 heavy (non-hydrogen) atoms.